The van der Waals surface area contributed by atoms with Crippen molar-refractivity contribution in [3.8, 4) is 0 Å². The molecule has 0 saturated carbocycles. The number of rotatable bonds is 6. The lowest BCUT2D eigenvalue weighted by Gasteiger charge is -2.37. The SMILES string of the molecule is CN=C(NCCCCn1ccnc1C)N1CCOC(C2CCCO2)C1.I. The maximum Gasteiger partial charge on any atom is 0.193 e. The fourth-order valence-corrected chi connectivity index (χ4v) is 3.57. The van der Waals surface area contributed by atoms with Crippen LogP contribution in [0.2, 0.25) is 0 Å². The number of nitrogens with zero attached hydrogens (tertiary/aromatic N) is 4. The Balaban J connectivity index is 0.00000243. The number of morpholine rings is 1. The molecular formula is C18H32IN5O2. The van der Waals surface area contributed by atoms with Gasteiger partial charge in [0.2, 0.25) is 0 Å². The van der Waals surface area contributed by atoms with Crippen molar-refractivity contribution in [2.45, 2.75) is 51.4 Å². The summed E-state index contributed by atoms with van der Waals surface area (Å²) >= 11 is 0. The lowest BCUT2D eigenvalue weighted by Crippen LogP contribution is -2.53. The van der Waals surface area contributed by atoms with Crippen LogP contribution in [-0.4, -0.2) is 72.5 Å². The summed E-state index contributed by atoms with van der Waals surface area (Å²) in [7, 11) is 1.85. The van der Waals surface area contributed by atoms with E-state index in [1.807, 2.05) is 26.4 Å². The topological polar surface area (TPSA) is 63.9 Å². The third kappa shape index (κ3) is 5.82. The zero-order valence-electron chi connectivity index (χ0n) is 15.9. The molecule has 0 amide bonds. The summed E-state index contributed by atoms with van der Waals surface area (Å²) in [4.78, 5) is 11.0. The average molecular weight is 477 g/mol. The summed E-state index contributed by atoms with van der Waals surface area (Å²) in [5.41, 5.74) is 0. The smallest absolute Gasteiger partial charge is 0.193 e. The number of hydrogen-bond acceptors (Lipinski definition) is 4. The van der Waals surface area contributed by atoms with Crippen molar-refractivity contribution in [2.75, 3.05) is 39.9 Å². The highest BCUT2D eigenvalue weighted by Gasteiger charge is 2.32. The van der Waals surface area contributed by atoms with Crippen LogP contribution < -0.4 is 5.32 Å². The van der Waals surface area contributed by atoms with Crippen LogP contribution in [0.5, 0.6) is 0 Å². The van der Waals surface area contributed by atoms with Crippen LogP contribution in [0.25, 0.3) is 0 Å². The third-order valence-electron chi connectivity index (χ3n) is 5.02. The second-order valence-corrected chi connectivity index (χ2v) is 6.76. The van der Waals surface area contributed by atoms with Crippen LogP contribution in [0.3, 0.4) is 0 Å². The highest BCUT2D eigenvalue weighted by Crippen LogP contribution is 2.21. The van der Waals surface area contributed by atoms with Gasteiger partial charge in [-0.2, -0.15) is 0 Å². The maximum absolute atomic E-state index is 5.92. The van der Waals surface area contributed by atoms with E-state index in [1.54, 1.807) is 0 Å². The number of halogens is 1. The van der Waals surface area contributed by atoms with Gasteiger partial charge in [-0.1, -0.05) is 0 Å². The predicted molar refractivity (Wildman–Crippen MR) is 113 cm³/mol. The molecule has 3 rings (SSSR count). The van der Waals surface area contributed by atoms with Crippen LogP contribution in [0.4, 0.5) is 0 Å². The van der Waals surface area contributed by atoms with Crippen molar-refractivity contribution < 1.29 is 9.47 Å². The summed E-state index contributed by atoms with van der Waals surface area (Å²) in [6, 6.07) is 0. The first-order chi connectivity index (χ1) is 12.3. The standard InChI is InChI=1S/C18H31N5O2.HI/c1-15-20-8-10-22(15)9-4-3-7-21-18(19-2)23-11-13-25-17(14-23)16-6-5-12-24-16;/h8,10,16-17H,3-7,9,11-14H2,1-2H3,(H,19,21);1H. The number of unbranched alkanes of at least 4 members (excludes halogenated alkanes) is 1. The molecule has 1 N–H and O–H groups in total. The predicted octanol–water partition coefficient (Wildman–Crippen LogP) is 2.04. The van der Waals surface area contributed by atoms with Gasteiger partial charge in [0, 0.05) is 52.2 Å². The lowest BCUT2D eigenvalue weighted by molar-refractivity contribution is -0.0816. The van der Waals surface area contributed by atoms with E-state index >= 15 is 0 Å². The second kappa shape index (κ2) is 11.1. The molecule has 0 spiro atoms. The molecule has 8 heteroatoms. The molecule has 148 valence electrons. The Morgan fingerprint density at radius 2 is 2.15 bits per heavy atom. The van der Waals surface area contributed by atoms with E-state index in [2.05, 4.69) is 24.8 Å². The van der Waals surface area contributed by atoms with Crippen LogP contribution >= 0.6 is 24.0 Å². The molecule has 2 fully saturated rings. The Hall–Kier alpha value is -0.870. The number of aryl methyl sites for hydroxylation is 2. The number of ether oxygens (including phenoxy) is 2. The van der Waals surface area contributed by atoms with E-state index in [1.165, 1.54) is 0 Å². The summed E-state index contributed by atoms with van der Waals surface area (Å²) < 4.78 is 13.9. The molecule has 2 unspecified atom stereocenters. The summed E-state index contributed by atoms with van der Waals surface area (Å²) in [5, 5.41) is 3.50. The Labute approximate surface area is 173 Å². The van der Waals surface area contributed by atoms with Gasteiger partial charge in [0.15, 0.2) is 5.96 Å². The Kier molecular flexibility index (Phi) is 9.13. The highest BCUT2D eigenvalue weighted by atomic mass is 127. The molecule has 2 aliphatic heterocycles. The van der Waals surface area contributed by atoms with Gasteiger partial charge in [0.05, 0.1) is 12.7 Å². The van der Waals surface area contributed by atoms with Crippen molar-refractivity contribution in [1.29, 1.82) is 0 Å². The lowest BCUT2D eigenvalue weighted by atomic mass is 10.1. The minimum atomic E-state index is 0. The Bertz CT molecular complexity index is 560. The number of hydrogen-bond donors (Lipinski definition) is 1. The van der Waals surface area contributed by atoms with Crippen LogP contribution in [0, 0.1) is 6.92 Å². The highest BCUT2D eigenvalue weighted by molar-refractivity contribution is 14.0. The van der Waals surface area contributed by atoms with Crippen molar-refractivity contribution in [3.63, 3.8) is 0 Å². The summed E-state index contributed by atoms with van der Waals surface area (Å²) in [6.07, 6.45) is 8.81. The van der Waals surface area contributed by atoms with Crippen LogP contribution in [0.15, 0.2) is 17.4 Å². The molecule has 0 bridgehead atoms. The zero-order chi connectivity index (χ0) is 17.5. The number of guanidine groups is 1. The van der Waals surface area contributed by atoms with Crippen molar-refractivity contribution >= 4 is 29.9 Å². The third-order valence-corrected chi connectivity index (χ3v) is 5.02. The van der Waals surface area contributed by atoms with E-state index in [9.17, 15) is 0 Å². The van der Waals surface area contributed by atoms with Gasteiger partial charge in [-0.25, -0.2) is 4.98 Å². The minimum absolute atomic E-state index is 0. The van der Waals surface area contributed by atoms with Crippen LogP contribution in [0.1, 0.15) is 31.5 Å². The molecule has 1 aromatic heterocycles. The van der Waals surface area contributed by atoms with Crippen molar-refractivity contribution in [2.24, 2.45) is 4.99 Å². The first kappa shape index (κ1) is 21.4. The molecule has 3 heterocycles. The zero-order valence-corrected chi connectivity index (χ0v) is 18.2. The second-order valence-electron chi connectivity index (χ2n) is 6.76. The van der Waals surface area contributed by atoms with Gasteiger partial charge in [0.1, 0.15) is 11.9 Å². The Morgan fingerprint density at radius 3 is 2.85 bits per heavy atom. The number of aliphatic imine (C=N–C) groups is 1. The molecular weight excluding hydrogens is 445 g/mol. The molecule has 26 heavy (non-hydrogen) atoms. The number of nitrogens with one attached hydrogen (secondary N) is 1. The number of aromatic nitrogens is 2. The van der Waals surface area contributed by atoms with E-state index in [0.29, 0.717) is 0 Å². The van der Waals surface area contributed by atoms with Gasteiger partial charge >= 0.3 is 0 Å². The fraction of sp³-hybridized carbons (Fsp3) is 0.778. The van der Waals surface area contributed by atoms with Gasteiger partial charge in [-0.3, -0.25) is 4.99 Å². The molecule has 7 nitrogen and oxygen atoms in total. The normalized spacial score (nSPS) is 23.8. The average Bonchev–Trinajstić information content (AvgIpc) is 3.30. The molecule has 2 atom stereocenters. The largest absolute Gasteiger partial charge is 0.375 e. The molecule has 0 aliphatic carbocycles. The van der Waals surface area contributed by atoms with Gasteiger partial charge in [-0.05, 0) is 32.6 Å². The van der Waals surface area contributed by atoms with Gasteiger partial charge in [-0.15, -0.1) is 24.0 Å². The number of imidazole rings is 1. The van der Waals surface area contributed by atoms with Gasteiger partial charge in [0.25, 0.3) is 0 Å². The minimum Gasteiger partial charge on any atom is -0.375 e. The van der Waals surface area contributed by atoms with E-state index in [4.69, 9.17) is 9.47 Å². The van der Waals surface area contributed by atoms with E-state index < -0.39 is 0 Å². The summed E-state index contributed by atoms with van der Waals surface area (Å²) in [6.45, 7) is 7.35. The maximum atomic E-state index is 5.92. The van der Waals surface area contributed by atoms with E-state index in [-0.39, 0.29) is 36.2 Å². The first-order valence-electron chi connectivity index (χ1n) is 9.44. The molecule has 0 aromatic carbocycles. The fourth-order valence-electron chi connectivity index (χ4n) is 3.57. The first-order valence-corrected chi connectivity index (χ1v) is 9.44. The van der Waals surface area contributed by atoms with Crippen molar-refractivity contribution in [3.05, 3.63) is 18.2 Å². The quantitative estimate of drug-likeness (QED) is 0.294. The monoisotopic (exact) mass is 477 g/mol. The molecule has 2 aliphatic rings. The van der Waals surface area contributed by atoms with Gasteiger partial charge < -0.3 is 24.3 Å². The van der Waals surface area contributed by atoms with Crippen LogP contribution in [-0.2, 0) is 16.0 Å². The molecule has 0 radical (unpaired) electrons. The van der Waals surface area contributed by atoms with Crippen molar-refractivity contribution in [1.82, 2.24) is 19.8 Å². The molecule has 1 aromatic rings. The summed E-state index contributed by atoms with van der Waals surface area (Å²) in [5.74, 6) is 2.06. The Morgan fingerprint density at radius 1 is 1.31 bits per heavy atom. The van der Waals surface area contributed by atoms with E-state index in [0.717, 1.165) is 76.9 Å². The molecule has 2 saturated heterocycles.